The van der Waals surface area contributed by atoms with Crippen LogP contribution in [0.2, 0.25) is 0 Å². The summed E-state index contributed by atoms with van der Waals surface area (Å²) >= 11 is 0. The van der Waals surface area contributed by atoms with E-state index in [1.165, 1.54) is 4.68 Å². The van der Waals surface area contributed by atoms with Gasteiger partial charge in [0.1, 0.15) is 4.90 Å². The van der Waals surface area contributed by atoms with Crippen LogP contribution in [0, 0.1) is 13.8 Å². The van der Waals surface area contributed by atoms with Crippen molar-refractivity contribution in [2.24, 2.45) is 0 Å². The van der Waals surface area contributed by atoms with E-state index in [0.29, 0.717) is 17.2 Å². The lowest BCUT2D eigenvalue weighted by Gasteiger charge is -2.07. The van der Waals surface area contributed by atoms with Gasteiger partial charge < -0.3 is 0 Å². The molecule has 26 heavy (non-hydrogen) atoms. The summed E-state index contributed by atoms with van der Waals surface area (Å²) in [7, 11) is -3.58. The predicted molar refractivity (Wildman–Crippen MR) is 97.4 cm³/mol. The Hall–Kier alpha value is -2.58. The molecule has 134 valence electrons. The molecule has 1 fully saturated rings. The van der Waals surface area contributed by atoms with Gasteiger partial charge in [-0.3, -0.25) is 0 Å². The van der Waals surface area contributed by atoms with Gasteiger partial charge >= 0.3 is 0 Å². The second kappa shape index (κ2) is 6.30. The Morgan fingerprint density at radius 1 is 1.04 bits per heavy atom. The third-order valence-electron chi connectivity index (χ3n) is 4.33. The molecular formula is C18H19N5O2S. The molecule has 0 radical (unpaired) electrons. The van der Waals surface area contributed by atoms with Crippen LogP contribution >= 0.6 is 0 Å². The van der Waals surface area contributed by atoms with Crippen molar-refractivity contribution in [2.75, 3.05) is 0 Å². The molecule has 2 heterocycles. The Morgan fingerprint density at radius 2 is 1.77 bits per heavy atom. The van der Waals surface area contributed by atoms with Crippen LogP contribution < -0.4 is 4.72 Å². The van der Waals surface area contributed by atoms with Crippen molar-refractivity contribution in [1.29, 1.82) is 0 Å². The molecule has 1 aliphatic carbocycles. The molecule has 3 aromatic rings. The molecule has 8 heteroatoms. The molecule has 2 aromatic heterocycles. The van der Waals surface area contributed by atoms with E-state index in [1.54, 1.807) is 19.9 Å². The Morgan fingerprint density at radius 3 is 2.38 bits per heavy atom. The zero-order chi connectivity index (χ0) is 18.3. The first-order valence-electron chi connectivity index (χ1n) is 8.44. The van der Waals surface area contributed by atoms with Gasteiger partial charge in [0, 0.05) is 11.6 Å². The highest BCUT2D eigenvalue weighted by Crippen LogP contribution is 2.26. The minimum absolute atomic E-state index is 0.0482. The third-order valence-corrected chi connectivity index (χ3v) is 6.10. The van der Waals surface area contributed by atoms with Crippen LogP contribution in [0.15, 0.2) is 47.4 Å². The van der Waals surface area contributed by atoms with Crippen LogP contribution in [-0.2, 0) is 10.0 Å². The van der Waals surface area contributed by atoms with Gasteiger partial charge in [0.15, 0.2) is 5.82 Å². The summed E-state index contributed by atoms with van der Waals surface area (Å²) in [5.74, 6) is 0.484. The Bertz CT molecular complexity index is 1040. The first-order valence-corrected chi connectivity index (χ1v) is 9.92. The SMILES string of the molecule is Cc1nn(-c2ccc(-c3ccccc3)nn2)c(C)c1S(=O)(=O)NC1CC1. The van der Waals surface area contributed by atoms with Crippen molar-refractivity contribution in [3.8, 4) is 17.1 Å². The predicted octanol–water partition coefficient (Wildman–Crippen LogP) is 2.39. The molecule has 1 saturated carbocycles. The van der Waals surface area contributed by atoms with Gasteiger partial charge in [-0.25, -0.2) is 17.8 Å². The summed E-state index contributed by atoms with van der Waals surface area (Å²) in [5, 5.41) is 12.9. The number of sulfonamides is 1. The second-order valence-corrected chi connectivity index (χ2v) is 8.10. The Kier molecular flexibility index (Phi) is 4.08. The molecule has 1 aliphatic rings. The Balaban J connectivity index is 1.69. The van der Waals surface area contributed by atoms with Crippen molar-refractivity contribution in [3.05, 3.63) is 53.9 Å². The van der Waals surface area contributed by atoms with Crippen LogP contribution in [-0.4, -0.2) is 34.4 Å². The fraction of sp³-hybridized carbons (Fsp3) is 0.278. The molecule has 7 nitrogen and oxygen atoms in total. The van der Waals surface area contributed by atoms with Gasteiger partial charge in [-0.2, -0.15) is 5.10 Å². The molecule has 4 rings (SSSR count). The van der Waals surface area contributed by atoms with E-state index in [-0.39, 0.29) is 10.9 Å². The van der Waals surface area contributed by atoms with Crippen LogP contribution in [0.4, 0.5) is 0 Å². The fourth-order valence-corrected chi connectivity index (χ4v) is 4.62. The molecule has 0 saturated heterocycles. The molecule has 1 aromatic carbocycles. The van der Waals surface area contributed by atoms with E-state index in [1.807, 2.05) is 36.4 Å². The van der Waals surface area contributed by atoms with Gasteiger partial charge in [-0.15, -0.1) is 10.2 Å². The second-order valence-electron chi connectivity index (χ2n) is 6.45. The van der Waals surface area contributed by atoms with Gasteiger partial charge in [0.2, 0.25) is 10.0 Å². The molecule has 0 unspecified atom stereocenters. The summed E-state index contributed by atoms with van der Waals surface area (Å²) in [4.78, 5) is 0.221. The Labute approximate surface area is 152 Å². The summed E-state index contributed by atoms with van der Waals surface area (Å²) < 4.78 is 29.4. The van der Waals surface area contributed by atoms with Gasteiger partial charge in [0.05, 0.1) is 17.1 Å². The molecular weight excluding hydrogens is 350 g/mol. The van der Waals surface area contributed by atoms with Crippen molar-refractivity contribution < 1.29 is 8.42 Å². The van der Waals surface area contributed by atoms with Crippen LogP contribution in [0.25, 0.3) is 17.1 Å². The number of hydrogen-bond acceptors (Lipinski definition) is 5. The van der Waals surface area contributed by atoms with E-state index in [0.717, 1.165) is 24.1 Å². The average Bonchev–Trinajstić information content (AvgIpc) is 3.37. The number of rotatable bonds is 5. The van der Waals surface area contributed by atoms with Gasteiger partial charge in [-0.1, -0.05) is 30.3 Å². The number of hydrogen-bond donors (Lipinski definition) is 1. The largest absolute Gasteiger partial charge is 0.244 e. The maximum atomic E-state index is 12.6. The fourth-order valence-electron chi connectivity index (χ4n) is 2.92. The minimum atomic E-state index is -3.58. The van der Waals surface area contributed by atoms with E-state index in [9.17, 15) is 8.42 Å². The number of nitrogens with zero attached hydrogens (tertiary/aromatic N) is 4. The first kappa shape index (κ1) is 16.9. The summed E-state index contributed by atoms with van der Waals surface area (Å²) in [6.07, 6.45) is 1.77. The highest BCUT2D eigenvalue weighted by Gasteiger charge is 2.32. The highest BCUT2D eigenvalue weighted by atomic mass is 32.2. The van der Waals surface area contributed by atoms with E-state index in [2.05, 4.69) is 20.0 Å². The van der Waals surface area contributed by atoms with Crippen LogP contribution in [0.3, 0.4) is 0 Å². The summed E-state index contributed by atoms with van der Waals surface area (Å²) in [6.45, 7) is 3.42. The van der Waals surface area contributed by atoms with E-state index in [4.69, 9.17) is 0 Å². The minimum Gasteiger partial charge on any atom is -0.216 e. The molecule has 0 aliphatic heterocycles. The maximum Gasteiger partial charge on any atom is 0.244 e. The van der Waals surface area contributed by atoms with Crippen LogP contribution in [0.5, 0.6) is 0 Å². The van der Waals surface area contributed by atoms with E-state index >= 15 is 0 Å². The number of aryl methyl sites for hydroxylation is 1. The highest BCUT2D eigenvalue weighted by molar-refractivity contribution is 7.89. The molecule has 0 bridgehead atoms. The summed E-state index contributed by atoms with van der Waals surface area (Å²) in [6, 6.07) is 13.4. The van der Waals surface area contributed by atoms with Crippen LogP contribution in [0.1, 0.15) is 24.2 Å². The quantitative estimate of drug-likeness (QED) is 0.746. The smallest absolute Gasteiger partial charge is 0.216 e. The lowest BCUT2D eigenvalue weighted by molar-refractivity contribution is 0.579. The number of aromatic nitrogens is 4. The molecule has 0 amide bonds. The number of nitrogens with one attached hydrogen (secondary N) is 1. The normalized spacial score (nSPS) is 14.5. The van der Waals surface area contributed by atoms with Crippen molar-refractivity contribution in [1.82, 2.24) is 24.7 Å². The maximum absolute atomic E-state index is 12.6. The van der Waals surface area contributed by atoms with E-state index < -0.39 is 10.0 Å². The zero-order valence-electron chi connectivity index (χ0n) is 14.5. The molecule has 0 spiro atoms. The molecule has 1 N–H and O–H groups in total. The lowest BCUT2D eigenvalue weighted by atomic mass is 10.1. The van der Waals surface area contributed by atoms with Crippen molar-refractivity contribution in [2.45, 2.75) is 37.6 Å². The van der Waals surface area contributed by atoms with Crippen molar-refractivity contribution in [3.63, 3.8) is 0 Å². The number of benzene rings is 1. The first-order chi connectivity index (χ1) is 12.5. The third kappa shape index (κ3) is 3.13. The standard InChI is InChI=1S/C18H19N5O2S/c1-12-18(26(24,25)22-15-8-9-15)13(2)23(21-12)17-11-10-16(19-20-17)14-6-4-3-5-7-14/h3-7,10-11,15,22H,8-9H2,1-2H3. The van der Waals surface area contributed by atoms with Gasteiger partial charge in [0.25, 0.3) is 0 Å². The lowest BCUT2D eigenvalue weighted by Crippen LogP contribution is -2.26. The monoisotopic (exact) mass is 369 g/mol. The van der Waals surface area contributed by atoms with Gasteiger partial charge in [-0.05, 0) is 38.8 Å². The topological polar surface area (TPSA) is 89.8 Å². The molecule has 0 atom stereocenters. The average molecular weight is 369 g/mol. The van der Waals surface area contributed by atoms with Crippen molar-refractivity contribution >= 4 is 10.0 Å². The summed E-state index contributed by atoms with van der Waals surface area (Å²) in [5.41, 5.74) is 2.69. The zero-order valence-corrected chi connectivity index (χ0v) is 15.4.